The molecule has 1 heterocycles. The summed E-state index contributed by atoms with van der Waals surface area (Å²) in [7, 11) is 0. The Morgan fingerprint density at radius 3 is 2.76 bits per heavy atom. The number of benzene rings is 1. The fourth-order valence-electron chi connectivity index (χ4n) is 1.98. The van der Waals surface area contributed by atoms with Crippen LogP contribution in [-0.4, -0.2) is 31.8 Å². The van der Waals surface area contributed by atoms with E-state index in [1.165, 1.54) is 0 Å². The van der Waals surface area contributed by atoms with E-state index < -0.39 is 24.5 Å². The van der Waals surface area contributed by atoms with Gasteiger partial charge in [0.2, 0.25) is 6.43 Å². The molecule has 0 spiro atoms. The van der Waals surface area contributed by atoms with Gasteiger partial charge in [-0.05, 0) is 5.56 Å². The van der Waals surface area contributed by atoms with Crippen molar-refractivity contribution < 1.29 is 23.0 Å². The predicted molar refractivity (Wildman–Crippen MR) is 73.0 cm³/mol. The molecule has 21 heavy (non-hydrogen) atoms. The van der Waals surface area contributed by atoms with Gasteiger partial charge in [-0.25, -0.2) is 13.6 Å². The molecule has 1 aromatic carbocycles. The second-order valence-corrected chi connectivity index (χ2v) is 4.66. The highest BCUT2D eigenvalue weighted by Crippen LogP contribution is 2.21. The van der Waals surface area contributed by atoms with Crippen LogP contribution in [0.15, 0.2) is 42.5 Å². The number of amides is 1. The first-order valence-electron chi connectivity index (χ1n) is 6.68. The number of halogens is 2. The molecule has 0 saturated carbocycles. The largest absolute Gasteiger partial charge is 0.449 e. The molecule has 1 aromatic rings. The molecule has 0 aliphatic carbocycles. The topological polar surface area (TPSA) is 47.6 Å². The Bertz CT molecular complexity index is 479. The summed E-state index contributed by atoms with van der Waals surface area (Å²) in [5.74, 6) is -1.15. The SMILES string of the molecule is O=C(NCc1ccccc1)OC[C@H](C(F)F)[C@H]1C=CCO1. The van der Waals surface area contributed by atoms with Crippen LogP contribution in [0.5, 0.6) is 0 Å². The highest BCUT2D eigenvalue weighted by molar-refractivity contribution is 5.67. The number of alkyl halides is 2. The van der Waals surface area contributed by atoms with Crippen molar-refractivity contribution in [1.82, 2.24) is 5.32 Å². The number of hydrogen-bond donors (Lipinski definition) is 1. The first-order chi connectivity index (χ1) is 10.2. The minimum absolute atomic E-state index is 0.291. The summed E-state index contributed by atoms with van der Waals surface area (Å²) in [6.07, 6.45) is -0.782. The molecule has 0 fully saturated rings. The summed E-state index contributed by atoms with van der Waals surface area (Å²) in [6.45, 7) is 0.222. The van der Waals surface area contributed by atoms with Crippen LogP contribution in [0.2, 0.25) is 0 Å². The fourth-order valence-corrected chi connectivity index (χ4v) is 1.98. The third kappa shape index (κ3) is 4.82. The summed E-state index contributed by atoms with van der Waals surface area (Å²) in [4.78, 5) is 11.5. The first-order valence-corrected chi connectivity index (χ1v) is 6.68. The predicted octanol–water partition coefficient (Wildman–Crippen LogP) is 2.75. The molecule has 6 heteroatoms. The number of alkyl carbamates (subject to hydrolysis) is 1. The van der Waals surface area contributed by atoms with Gasteiger partial charge in [0.1, 0.15) is 6.61 Å². The van der Waals surface area contributed by atoms with Gasteiger partial charge in [-0.2, -0.15) is 0 Å². The molecule has 0 unspecified atom stereocenters. The molecule has 0 radical (unpaired) electrons. The van der Waals surface area contributed by atoms with Gasteiger partial charge >= 0.3 is 6.09 Å². The maximum Gasteiger partial charge on any atom is 0.407 e. The lowest BCUT2D eigenvalue weighted by Crippen LogP contribution is -2.33. The van der Waals surface area contributed by atoms with E-state index in [0.29, 0.717) is 13.2 Å². The van der Waals surface area contributed by atoms with E-state index in [1.54, 1.807) is 12.2 Å². The minimum atomic E-state index is -2.61. The monoisotopic (exact) mass is 297 g/mol. The molecule has 0 aromatic heterocycles. The van der Waals surface area contributed by atoms with Crippen molar-refractivity contribution >= 4 is 6.09 Å². The highest BCUT2D eigenvalue weighted by Gasteiger charge is 2.31. The van der Waals surface area contributed by atoms with Crippen molar-refractivity contribution in [1.29, 1.82) is 0 Å². The second-order valence-electron chi connectivity index (χ2n) is 4.66. The Labute approximate surface area is 121 Å². The molecule has 114 valence electrons. The maximum absolute atomic E-state index is 12.9. The second kappa shape index (κ2) is 7.73. The van der Waals surface area contributed by atoms with Crippen LogP contribution in [0, 0.1) is 5.92 Å². The van der Waals surface area contributed by atoms with Gasteiger partial charge in [-0.3, -0.25) is 0 Å². The Hall–Kier alpha value is -1.95. The van der Waals surface area contributed by atoms with E-state index in [0.717, 1.165) is 5.56 Å². The van der Waals surface area contributed by atoms with Crippen LogP contribution in [0.25, 0.3) is 0 Å². The van der Waals surface area contributed by atoms with Gasteiger partial charge in [0.05, 0.1) is 18.6 Å². The zero-order valence-electron chi connectivity index (χ0n) is 11.4. The summed E-state index contributed by atoms with van der Waals surface area (Å²) in [5.41, 5.74) is 0.905. The first kappa shape index (κ1) is 15.4. The van der Waals surface area contributed by atoms with Gasteiger partial charge in [0, 0.05) is 6.54 Å². The third-order valence-corrected chi connectivity index (χ3v) is 3.14. The fraction of sp³-hybridized carbons (Fsp3) is 0.400. The number of hydrogen-bond acceptors (Lipinski definition) is 3. The zero-order chi connectivity index (χ0) is 15.1. The van der Waals surface area contributed by atoms with Gasteiger partial charge in [0.15, 0.2) is 0 Å². The van der Waals surface area contributed by atoms with Crippen LogP contribution in [-0.2, 0) is 16.0 Å². The van der Waals surface area contributed by atoms with Gasteiger partial charge in [-0.1, -0.05) is 42.5 Å². The van der Waals surface area contributed by atoms with E-state index in [4.69, 9.17) is 9.47 Å². The lowest BCUT2D eigenvalue weighted by atomic mass is 10.0. The van der Waals surface area contributed by atoms with Gasteiger partial charge in [0.25, 0.3) is 0 Å². The van der Waals surface area contributed by atoms with Crippen molar-refractivity contribution in [2.24, 2.45) is 5.92 Å². The van der Waals surface area contributed by atoms with E-state index in [2.05, 4.69) is 5.32 Å². The quantitative estimate of drug-likeness (QED) is 0.821. The van der Waals surface area contributed by atoms with Gasteiger partial charge < -0.3 is 14.8 Å². The molecule has 0 saturated heterocycles. The van der Waals surface area contributed by atoms with E-state index in [1.807, 2.05) is 30.3 Å². The standard InChI is InChI=1S/C15H17F2NO3/c16-14(17)12(13-7-4-8-20-13)10-21-15(19)18-9-11-5-2-1-3-6-11/h1-7,12-14H,8-10H2,(H,18,19)/t12-,13+/m0/s1. The Morgan fingerprint density at radius 2 is 2.14 bits per heavy atom. The van der Waals surface area contributed by atoms with E-state index in [-0.39, 0.29) is 6.61 Å². The van der Waals surface area contributed by atoms with Crippen LogP contribution in [0.4, 0.5) is 13.6 Å². The van der Waals surface area contributed by atoms with Crippen molar-refractivity contribution in [2.75, 3.05) is 13.2 Å². The van der Waals surface area contributed by atoms with Crippen LogP contribution in [0.3, 0.4) is 0 Å². The number of rotatable bonds is 6. The molecule has 1 aliphatic heterocycles. The molecule has 1 aliphatic rings. The lowest BCUT2D eigenvalue weighted by molar-refractivity contribution is -0.0375. The average Bonchev–Trinajstić information content (AvgIpc) is 3.00. The highest BCUT2D eigenvalue weighted by atomic mass is 19.3. The summed E-state index contributed by atoms with van der Waals surface area (Å²) >= 11 is 0. The number of ether oxygens (including phenoxy) is 2. The molecule has 4 nitrogen and oxygen atoms in total. The summed E-state index contributed by atoms with van der Waals surface area (Å²) in [5, 5.41) is 2.52. The van der Waals surface area contributed by atoms with Gasteiger partial charge in [-0.15, -0.1) is 0 Å². The van der Waals surface area contributed by atoms with Crippen LogP contribution < -0.4 is 5.32 Å². The van der Waals surface area contributed by atoms with Crippen molar-refractivity contribution in [3.63, 3.8) is 0 Å². The maximum atomic E-state index is 12.9. The van der Waals surface area contributed by atoms with Crippen LogP contribution in [0.1, 0.15) is 5.56 Å². The average molecular weight is 297 g/mol. The Morgan fingerprint density at radius 1 is 1.38 bits per heavy atom. The van der Waals surface area contributed by atoms with E-state index >= 15 is 0 Å². The van der Waals surface area contributed by atoms with Crippen molar-refractivity contribution in [2.45, 2.75) is 19.1 Å². The Kier molecular flexibility index (Phi) is 5.68. The molecule has 1 N–H and O–H groups in total. The molecule has 0 bridgehead atoms. The number of carbonyl (C=O) groups excluding carboxylic acids is 1. The normalized spacial score (nSPS) is 18.7. The molecular formula is C15H17F2NO3. The zero-order valence-corrected chi connectivity index (χ0v) is 11.4. The smallest absolute Gasteiger partial charge is 0.407 e. The minimum Gasteiger partial charge on any atom is -0.449 e. The summed E-state index contributed by atoms with van der Waals surface area (Å²) in [6, 6.07) is 9.25. The number of carbonyl (C=O) groups is 1. The van der Waals surface area contributed by atoms with Crippen LogP contribution >= 0.6 is 0 Å². The van der Waals surface area contributed by atoms with Crippen molar-refractivity contribution in [3.05, 3.63) is 48.0 Å². The molecule has 2 rings (SSSR count). The van der Waals surface area contributed by atoms with E-state index in [9.17, 15) is 13.6 Å². The molecule has 2 atom stereocenters. The summed E-state index contributed by atoms with van der Waals surface area (Å²) < 4.78 is 35.8. The third-order valence-electron chi connectivity index (χ3n) is 3.14. The van der Waals surface area contributed by atoms with Crippen molar-refractivity contribution in [3.8, 4) is 0 Å². The lowest BCUT2D eigenvalue weighted by Gasteiger charge is -2.21. The molecule has 1 amide bonds. The number of nitrogens with one attached hydrogen (secondary N) is 1. The molecular weight excluding hydrogens is 280 g/mol. The Balaban J connectivity index is 1.75.